The van der Waals surface area contributed by atoms with Gasteiger partial charge in [-0.1, -0.05) is 31.2 Å². The molecule has 5 atom stereocenters. The lowest BCUT2D eigenvalue weighted by molar-refractivity contribution is 0.120. The van der Waals surface area contributed by atoms with Crippen LogP contribution in [0.25, 0.3) is 10.8 Å². The molecule has 2 bridgehead atoms. The lowest BCUT2D eigenvalue weighted by Crippen LogP contribution is -2.18. The number of fused-ring (bicyclic) bond motifs is 6. The van der Waals surface area contributed by atoms with E-state index in [4.69, 9.17) is 9.47 Å². The molecule has 0 spiro atoms. The van der Waals surface area contributed by atoms with Crippen LogP contribution in [0.15, 0.2) is 24.3 Å². The highest BCUT2D eigenvalue weighted by Crippen LogP contribution is 2.63. The molecule has 0 amide bonds. The highest BCUT2D eigenvalue weighted by atomic mass is 16.5. The summed E-state index contributed by atoms with van der Waals surface area (Å²) < 4.78 is 12.3. The molecule has 0 aromatic heterocycles. The highest BCUT2D eigenvalue weighted by Gasteiger charge is 2.46. The first-order chi connectivity index (χ1) is 12.5. The van der Waals surface area contributed by atoms with E-state index in [0.29, 0.717) is 17.8 Å². The van der Waals surface area contributed by atoms with Gasteiger partial charge in [0.1, 0.15) is 24.7 Å². The minimum absolute atomic E-state index is 0.288. The van der Waals surface area contributed by atoms with E-state index in [0.717, 1.165) is 28.7 Å². The largest absolute Gasteiger partial charge is 0.490 e. The lowest BCUT2D eigenvalue weighted by atomic mass is 9.82. The molecular formula is C22H28O4. The maximum absolute atomic E-state index is 9.74. The fourth-order valence-corrected chi connectivity index (χ4v) is 4.79. The maximum atomic E-state index is 9.74. The molecule has 4 rings (SSSR count). The Morgan fingerprint density at radius 1 is 0.923 bits per heavy atom. The fourth-order valence-electron chi connectivity index (χ4n) is 4.79. The van der Waals surface area contributed by atoms with Gasteiger partial charge >= 0.3 is 0 Å². The molecule has 140 valence electrons. The van der Waals surface area contributed by atoms with Gasteiger partial charge in [0.15, 0.2) is 0 Å². The monoisotopic (exact) mass is 356 g/mol. The molecule has 2 aliphatic carbocycles. The average Bonchev–Trinajstić information content (AvgIpc) is 3.15. The molecule has 0 radical (unpaired) electrons. The van der Waals surface area contributed by atoms with Crippen molar-refractivity contribution in [3.8, 4) is 11.5 Å². The molecule has 0 heterocycles. The third kappa shape index (κ3) is 2.85. The van der Waals surface area contributed by atoms with Crippen molar-refractivity contribution in [2.75, 3.05) is 13.2 Å². The number of hydrogen-bond acceptors (Lipinski definition) is 4. The Morgan fingerprint density at radius 2 is 1.46 bits per heavy atom. The van der Waals surface area contributed by atoms with Crippen molar-refractivity contribution in [3.63, 3.8) is 0 Å². The topological polar surface area (TPSA) is 58.9 Å². The number of rotatable bonds is 6. The zero-order valence-electron chi connectivity index (χ0n) is 15.7. The Labute approximate surface area is 154 Å². The lowest BCUT2D eigenvalue weighted by Gasteiger charge is -2.28. The van der Waals surface area contributed by atoms with Crippen LogP contribution in [-0.4, -0.2) is 35.6 Å². The van der Waals surface area contributed by atoms with E-state index >= 15 is 0 Å². The summed E-state index contributed by atoms with van der Waals surface area (Å²) in [6.07, 6.45) is 1.31. The van der Waals surface area contributed by atoms with Crippen LogP contribution in [-0.2, 0) is 0 Å². The van der Waals surface area contributed by atoms with E-state index in [9.17, 15) is 10.2 Å². The van der Waals surface area contributed by atoms with Gasteiger partial charge in [-0.2, -0.15) is 0 Å². The molecular weight excluding hydrogens is 328 g/mol. The van der Waals surface area contributed by atoms with Gasteiger partial charge in [-0.15, -0.1) is 0 Å². The Kier molecular flexibility index (Phi) is 4.57. The van der Waals surface area contributed by atoms with Crippen LogP contribution in [0.4, 0.5) is 0 Å². The minimum Gasteiger partial charge on any atom is -0.490 e. The number of hydrogen-bond donors (Lipinski definition) is 2. The summed E-state index contributed by atoms with van der Waals surface area (Å²) in [5, 5.41) is 21.5. The second kappa shape index (κ2) is 6.75. The van der Waals surface area contributed by atoms with Crippen LogP contribution in [0.1, 0.15) is 56.6 Å². The quantitative estimate of drug-likeness (QED) is 0.822. The molecule has 2 aliphatic rings. The predicted molar refractivity (Wildman–Crippen MR) is 102 cm³/mol. The molecule has 5 unspecified atom stereocenters. The molecule has 2 N–H and O–H groups in total. The Hall–Kier alpha value is -1.78. The van der Waals surface area contributed by atoms with E-state index in [-0.39, 0.29) is 13.2 Å². The summed E-state index contributed by atoms with van der Waals surface area (Å²) in [5.74, 6) is 3.44. The Morgan fingerprint density at radius 3 is 2.00 bits per heavy atom. The third-order valence-corrected chi connectivity index (χ3v) is 5.79. The summed E-state index contributed by atoms with van der Waals surface area (Å²) in [5.41, 5.74) is 2.54. The minimum atomic E-state index is -0.508. The highest BCUT2D eigenvalue weighted by molar-refractivity contribution is 5.97. The van der Waals surface area contributed by atoms with Gasteiger partial charge in [-0.25, -0.2) is 0 Å². The van der Waals surface area contributed by atoms with Crippen LogP contribution in [0.3, 0.4) is 0 Å². The third-order valence-electron chi connectivity index (χ3n) is 5.79. The van der Waals surface area contributed by atoms with E-state index in [1.165, 1.54) is 17.5 Å². The standard InChI is InChI=1S/C22H28O4/c1-12-8-15-9-18(12)20-19(15)21(25-10-13(2)23)16-6-4-5-7-17(16)22(20)26-11-14(3)24/h4-7,12-15,18,23-24H,8-11H2,1-3H3. The van der Waals surface area contributed by atoms with Crippen molar-refractivity contribution in [3.05, 3.63) is 35.4 Å². The SMILES string of the molecule is CC(O)COc1c2c(c(OCC(C)O)c3ccccc13)C1CC2CC1C. The first-order valence-corrected chi connectivity index (χ1v) is 9.67. The second-order valence-electron chi connectivity index (χ2n) is 8.10. The van der Waals surface area contributed by atoms with Crippen molar-refractivity contribution in [2.45, 2.75) is 57.7 Å². The average molecular weight is 356 g/mol. The number of aliphatic hydroxyl groups excluding tert-OH is 2. The van der Waals surface area contributed by atoms with E-state index in [1.807, 2.05) is 12.1 Å². The number of aliphatic hydroxyl groups is 2. The van der Waals surface area contributed by atoms with Crippen molar-refractivity contribution in [1.82, 2.24) is 0 Å². The molecule has 4 nitrogen and oxygen atoms in total. The summed E-state index contributed by atoms with van der Waals surface area (Å²) >= 11 is 0. The molecule has 1 fully saturated rings. The fraction of sp³-hybridized carbons (Fsp3) is 0.545. The van der Waals surface area contributed by atoms with Crippen LogP contribution < -0.4 is 9.47 Å². The van der Waals surface area contributed by atoms with E-state index in [1.54, 1.807) is 13.8 Å². The number of benzene rings is 2. The smallest absolute Gasteiger partial charge is 0.131 e. The molecule has 2 aromatic rings. The first-order valence-electron chi connectivity index (χ1n) is 9.67. The van der Waals surface area contributed by atoms with Gasteiger partial charge in [0, 0.05) is 21.9 Å². The molecule has 4 heteroatoms. The maximum Gasteiger partial charge on any atom is 0.131 e. The van der Waals surface area contributed by atoms with Crippen molar-refractivity contribution in [2.24, 2.45) is 5.92 Å². The zero-order valence-corrected chi connectivity index (χ0v) is 15.7. The Balaban J connectivity index is 1.92. The van der Waals surface area contributed by atoms with Gasteiger partial charge < -0.3 is 19.7 Å². The first kappa shape index (κ1) is 17.6. The van der Waals surface area contributed by atoms with Gasteiger partial charge in [0.25, 0.3) is 0 Å². The van der Waals surface area contributed by atoms with E-state index in [2.05, 4.69) is 19.1 Å². The molecule has 0 aliphatic heterocycles. The summed E-state index contributed by atoms with van der Waals surface area (Å²) in [6, 6.07) is 8.16. The number of ether oxygens (including phenoxy) is 2. The van der Waals surface area contributed by atoms with Gasteiger partial charge in [-0.05, 0) is 44.4 Å². The molecule has 26 heavy (non-hydrogen) atoms. The normalized spacial score (nSPS) is 26.0. The van der Waals surface area contributed by atoms with Crippen LogP contribution in [0.5, 0.6) is 11.5 Å². The Bertz CT molecular complexity index is 811. The van der Waals surface area contributed by atoms with E-state index < -0.39 is 12.2 Å². The summed E-state index contributed by atoms with van der Waals surface area (Å²) in [7, 11) is 0. The molecule has 0 saturated heterocycles. The summed E-state index contributed by atoms with van der Waals surface area (Å²) in [6.45, 7) is 6.39. The van der Waals surface area contributed by atoms with Gasteiger partial charge in [0.05, 0.1) is 12.2 Å². The van der Waals surface area contributed by atoms with Crippen molar-refractivity contribution in [1.29, 1.82) is 0 Å². The van der Waals surface area contributed by atoms with Gasteiger partial charge in [-0.3, -0.25) is 0 Å². The van der Waals surface area contributed by atoms with Crippen molar-refractivity contribution < 1.29 is 19.7 Å². The van der Waals surface area contributed by atoms with Gasteiger partial charge in [0.2, 0.25) is 0 Å². The van der Waals surface area contributed by atoms with Crippen LogP contribution >= 0.6 is 0 Å². The molecule has 2 aromatic carbocycles. The van der Waals surface area contributed by atoms with Crippen LogP contribution in [0.2, 0.25) is 0 Å². The molecule has 1 saturated carbocycles. The van der Waals surface area contributed by atoms with Crippen LogP contribution in [0, 0.1) is 5.92 Å². The van der Waals surface area contributed by atoms with Crippen molar-refractivity contribution >= 4 is 10.8 Å². The predicted octanol–water partition coefficient (Wildman–Crippen LogP) is 3.97. The summed E-state index contributed by atoms with van der Waals surface area (Å²) in [4.78, 5) is 0. The zero-order chi connectivity index (χ0) is 18.4. The second-order valence-corrected chi connectivity index (χ2v) is 8.10.